The van der Waals surface area contributed by atoms with Crippen molar-refractivity contribution in [3.8, 4) is 0 Å². The summed E-state index contributed by atoms with van der Waals surface area (Å²) in [7, 11) is 0. The smallest absolute Gasteiger partial charge is 0.192 e. The van der Waals surface area contributed by atoms with Crippen LogP contribution in [-0.4, -0.2) is 16.9 Å². The molecule has 0 unspecified atom stereocenters. The van der Waals surface area contributed by atoms with E-state index in [0.717, 1.165) is 12.8 Å². The molecule has 0 bridgehead atoms. The Morgan fingerprint density at radius 1 is 0.864 bits per heavy atom. The molecule has 0 aromatic heterocycles. The molecule has 112 valence electrons. The van der Waals surface area contributed by atoms with Gasteiger partial charge < -0.3 is 10.6 Å². The summed E-state index contributed by atoms with van der Waals surface area (Å²) in [5.74, 6) is 0.705. The normalized spacial score (nSPS) is 27.4. The third-order valence-electron chi connectivity index (χ3n) is 4.92. The van der Waals surface area contributed by atoms with Crippen molar-refractivity contribution >= 4 is 5.96 Å². The van der Waals surface area contributed by atoms with E-state index >= 15 is 0 Å². The highest BCUT2D eigenvalue weighted by Gasteiger charge is 2.39. The van der Waals surface area contributed by atoms with E-state index in [1.165, 1.54) is 17.5 Å². The standard InChI is InChI=1S/C19H21N3/c20-19-21-17(14-7-3-1-4-8-14)13-16-11-12-18(22(16)19)15-9-5-2-6-10-15/h1-10,16-18H,11-13H2,(H2,20,21)/t16-,17-,18-/m1/s1. The average Bonchev–Trinajstić information content (AvgIpc) is 3.01. The molecule has 0 amide bonds. The molecule has 1 fully saturated rings. The Morgan fingerprint density at radius 3 is 2.18 bits per heavy atom. The van der Waals surface area contributed by atoms with Gasteiger partial charge in [-0.1, -0.05) is 60.7 Å². The number of rotatable bonds is 2. The van der Waals surface area contributed by atoms with Crippen LogP contribution in [0.4, 0.5) is 0 Å². The van der Waals surface area contributed by atoms with Crippen LogP contribution in [0.25, 0.3) is 0 Å². The lowest BCUT2D eigenvalue weighted by Gasteiger charge is -2.37. The fourth-order valence-electron chi connectivity index (χ4n) is 3.89. The molecule has 4 rings (SSSR count). The lowest BCUT2D eigenvalue weighted by Crippen LogP contribution is -2.45. The second-order valence-corrected chi connectivity index (χ2v) is 6.21. The Labute approximate surface area is 131 Å². The van der Waals surface area contributed by atoms with Gasteiger partial charge in [0, 0.05) is 6.04 Å². The zero-order chi connectivity index (χ0) is 14.9. The summed E-state index contributed by atoms with van der Waals surface area (Å²) in [6.45, 7) is 0. The lowest BCUT2D eigenvalue weighted by molar-refractivity contribution is 0.267. The van der Waals surface area contributed by atoms with Gasteiger partial charge in [0.25, 0.3) is 0 Å². The van der Waals surface area contributed by atoms with Crippen LogP contribution < -0.4 is 5.73 Å². The Balaban J connectivity index is 1.63. The molecule has 3 heteroatoms. The first-order valence-electron chi connectivity index (χ1n) is 8.04. The predicted octanol–water partition coefficient (Wildman–Crippen LogP) is 3.65. The van der Waals surface area contributed by atoms with Gasteiger partial charge in [-0.2, -0.15) is 0 Å². The van der Waals surface area contributed by atoms with Crippen LogP contribution in [0.1, 0.15) is 42.5 Å². The number of aliphatic imine (C=N–C) groups is 1. The number of nitrogens with two attached hydrogens (primary N) is 1. The molecule has 2 aromatic carbocycles. The number of nitrogens with zero attached hydrogens (tertiary/aromatic N) is 2. The lowest BCUT2D eigenvalue weighted by atomic mass is 9.97. The first-order valence-corrected chi connectivity index (χ1v) is 8.04. The summed E-state index contributed by atoms with van der Waals surface area (Å²) < 4.78 is 0. The molecule has 2 aromatic rings. The monoisotopic (exact) mass is 291 g/mol. The number of hydrogen-bond acceptors (Lipinski definition) is 3. The number of hydrogen-bond donors (Lipinski definition) is 1. The zero-order valence-corrected chi connectivity index (χ0v) is 12.6. The van der Waals surface area contributed by atoms with E-state index in [4.69, 9.17) is 10.7 Å². The molecule has 0 saturated carbocycles. The minimum Gasteiger partial charge on any atom is -0.370 e. The number of guanidine groups is 1. The molecule has 0 spiro atoms. The maximum absolute atomic E-state index is 6.35. The third kappa shape index (κ3) is 2.27. The highest BCUT2D eigenvalue weighted by atomic mass is 15.3. The predicted molar refractivity (Wildman–Crippen MR) is 89.5 cm³/mol. The molecule has 22 heavy (non-hydrogen) atoms. The van der Waals surface area contributed by atoms with E-state index in [1.807, 2.05) is 6.07 Å². The van der Waals surface area contributed by atoms with Crippen LogP contribution >= 0.6 is 0 Å². The molecule has 2 aliphatic rings. The number of fused-ring (bicyclic) bond motifs is 1. The Hall–Kier alpha value is -2.29. The van der Waals surface area contributed by atoms with Crippen LogP contribution in [0.3, 0.4) is 0 Å². The van der Waals surface area contributed by atoms with E-state index in [1.54, 1.807) is 0 Å². The van der Waals surface area contributed by atoms with Crippen molar-refractivity contribution in [2.45, 2.75) is 37.4 Å². The Morgan fingerprint density at radius 2 is 1.50 bits per heavy atom. The van der Waals surface area contributed by atoms with Crippen molar-refractivity contribution in [1.82, 2.24) is 4.90 Å². The summed E-state index contributed by atoms with van der Waals surface area (Å²) in [4.78, 5) is 7.13. The van der Waals surface area contributed by atoms with Crippen LogP contribution in [0, 0.1) is 0 Å². The van der Waals surface area contributed by atoms with E-state index < -0.39 is 0 Å². The largest absolute Gasteiger partial charge is 0.370 e. The molecule has 0 aliphatic carbocycles. The molecule has 3 nitrogen and oxygen atoms in total. The van der Waals surface area contributed by atoms with Gasteiger partial charge >= 0.3 is 0 Å². The van der Waals surface area contributed by atoms with Gasteiger partial charge in [-0.05, 0) is 30.4 Å². The first-order chi connectivity index (χ1) is 10.8. The maximum Gasteiger partial charge on any atom is 0.192 e. The summed E-state index contributed by atoms with van der Waals surface area (Å²) in [5.41, 5.74) is 8.97. The van der Waals surface area contributed by atoms with Crippen LogP contribution in [0.2, 0.25) is 0 Å². The summed E-state index contributed by atoms with van der Waals surface area (Å²) in [5, 5.41) is 0. The molecule has 2 aliphatic heterocycles. The van der Waals surface area contributed by atoms with Gasteiger partial charge in [-0.25, -0.2) is 4.99 Å². The summed E-state index contributed by atoms with van der Waals surface area (Å²) >= 11 is 0. The van der Waals surface area contributed by atoms with Gasteiger partial charge in [-0.3, -0.25) is 0 Å². The van der Waals surface area contributed by atoms with Crippen LogP contribution in [0.5, 0.6) is 0 Å². The van der Waals surface area contributed by atoms with Gasteiger partial charge in [0.2, 0.25) is 0 Å². The fraction of sp³-hybridized carbons (Fsp3) is 0.316. The van der Waals surface area contributed by atoms with Crippen molar-refractivity contribution in [2.75, 3.05) is 0 Å². The molecule has 2 heterocycles. The summed E-state index contributed by atoms with van der Waals surface area (Å²) in [6, 6.07) is 22.3. The molecule has 2 N–H and O–H groups in total. The first kappa shape index (κ1) is 13.4. The minimum atomic E-state index is 0.206. The highest BCUT2D eigenvalue weighted by Crippen LogP contribution is 2.42. The van der Waals surface area contributed by atoms with Crippen molar-refractivity contribution in [3.63, 3.8) is 0 Å². The zero-order valence-electron chi connectivity index (χ0n) is 12.6. The van der Waals surface area contributed by atoms with Crippen molar-refractivity contribution in [3.05, 3.63) is 71.8 Å². The van der Waals surface area contributed by atoms with Gasteiger partial charge in [0.15, 0.2) is 5.96 Å². The highest BCUT2D eigenvalue weighted by molar-refractivity contribution is 5.80. The summed E-state index contributed by atoms with van der Waals surface area (Å²) in [6.07, 6.45) is 3.42. The number of benzene rings is 2. The SMILES string of the molecule is NC1=N[C@@H](c2ccccc2)C[C@H]2CC[C@H](c3ccccc3)N12. The second kappa shape index (κ2) is 5.48. The minimum absolute atomic E-state index is 0.206. The third-order valence-corrected chi connectivity index (χ3v) is 4.92. The van der Waals surface area contributed by atoms with Crippen molar-refractivity contribution in [2.24, 2.45) is 10.7 Å². The van der Waals surface area contributed by atoms with Crippen LogP contribution in [-0.2, 0) is 0 Å². The second-order valence-electron chi connectivity index (χ2n) is 6.21. The Bertz CT molecular complexity index is 666. The van der Waals surface area contributed by atoms with Gasteiger partial charge in [0.05, 0.1) is 12.1 Å². The van der Waals surface area contributed by atoms with E-state index in [-0.39, 0.29) is 6.04 Å². The maximum atomic E-state index is 6.35. The molecule has 3 atom stereocenters. The van der Waals surface area contributed by atoms with E-state index in [0.29, 0.717) is 18.0 Å². The van der Waals surface area contributed by atoms with Gasteiger partial charge in [0.1, 0.15) is 0 Å². The average molecular weight is 291 g/mol. The topological polar surface area (TPSA) is 41.6 Å². The molecular weight excluding hydrogens is 270 g/mol. The van der Waals surface area contributed by atoms with E-state index in [9.17, 15) is 0 Å². The van der Waals surface area contributed by atoms with E-state index in [2.05, 4.69) is 59.5 Å². The van der Waals surface area contributed by atoms with Crippen LogP contribution in [0.15, 0.2) is 65.7 Å². The van der Waals surface area contributed by atoms with Crippen molar-refractivity contribution in [1.29, 1.82) is 0 Å². The molecular formula is C19H21N3. The van der Waals surface area contributed by atoms with Crippen molar-refractivity contribution < 1.29 is 0 Å². The molecule has 0 radical (unpaired) electrons. The molecule has 1 saturated heterocycles. The quantitative estimate of drug-likeness (QED) is 0.917. The Kier molecular flexibility index (Phi) is 3.34. The van der Waals surface area contributed by atoms with Gasteiger partial charge in [-0.15, -0.1) is 0 Å². The fourth-order valence-corrected chi connectivity index (χ4v) is 3.89.